The summed E-state index contributed by atoms with van der Waals surface area (Å²) in [6.45, 7) is 18.5. The monoisotopic (exact) mass is 245 g/mol. The summed E-state index contributed by atoms with van der Waals surface area (Å²) in [6, 6.07) is 0. The summed E-state index contributed by atoms with van der Waals surface area (Å²) < 4.78 is 0. The van der Waals surface area contributed by atoms with Crippen LogP contribution in [-0.4, -0.2) is 6.54 Å². The van der Waals surface area contributed by atoms with Crippen LogP contribution in [0.2, 0.25) is 0 Å². The molecule has 2 aliphatic rings. The lowest BCUT2D eigenvalue weighted by Crippen LogP contribution is -2.36. The Kier molecular flexibility index (Phi) is 4.26. The van der Waals surface area contributed by atoms with Crippen molar-refractivity contribution in [2.45, 2.75) is 41.0 Å². The minimum Gasteiger partial charge on any atom is -0.384 e. The molecule has 2 rings (SSSR count). The van der Waals surface area contributed by atoms with Crippen molar-refractivity contribution in [2.75, 3.05) is 6.54 Å². The van der Waals surface area contributed by atoms with Gasteiger partial charge in [-0.15, -0.1) is 13.2 Å². The Labute approximate surface area is 112 Å². The van der Waals surface area contributed by atoms with Crippen molar-refractivity contribution in [1.82, 2.24) is 5.32 Å². The standard InChI is InChI=1S/C15H23N.C2H4/c1-11-6-7-13-12(9-15(11,4)5)8-14(2,3)10-16-13;1-2/h6-7,9,16H,8,10H2,1-5H3;1-2H2. The number of allylic oxidation sites excluding steroid dienone is 5. The molecular formula is C17H27N. The number of hydrogen-bond donors (Lipinski definition) is 1. The molecule has 0 spiro atoms. The first-order valence-corrected chi connectivity index (χ1v) is 6.65. The third-order valence-corrected chi connectivity index (χ3v) is 3.82. The molecule has 0 aromatic heterocycles. The second-order valence-corrected chi connectivity index (χ2v) is 6.52. The SMILES string of the molecule is C=C.CC1=CC=C2NCC(C)(C)CC2=CC1(C)C. The fourth-order valence-corrected chi connectivity index (χ4v) is 2.39. The minimum atomic E-state index is 0.183. The van der Waals surface area contributed by atoms with Gasteiger partial charge in [-0.3, -0.25) is 0 Å². The maximum absolute atomic E-state index is 3.56. The minimum absolute atomic E-state index is 0.183. The average Bonchev–Trinajstić information content (AvgIpc) is 2.38. The molecule has 0 atom stereocenters. The normalized spacial score (nSPS) is 23.9. The van der Waals surface area contributed by atoms with Crippen molar-refractivity contribution in [1.29, 1.82) is 0 Å². The quantitative estimate of drug-likeness (QED) is 0.615. The first-order chi connectivity index (χ1) is 8.30. The van der Waals surface area contributed by atoms with Gasteiger partial charge in [0, 0.05) is 17.7 Å². The Morgan fingerprint density at radius 3 is 2.33 bits per heavy atom. The van der Waals surface area contributed by atoms with E-state index in [1.54, 1.807) is 0 Å². The van der Waals surface area contributed by atoms with E-state index in [4.69, 9.17) is 0 Å². The lowest BCUT2D eigenvalue weighted by Gasteiger charge is -2.35. The van der Waals surface area contributed by atoms with E-state index < -0.39 is 0 Å². The van der Waals surface area contributed by atoms with Crippen LogP contribution < -0.4 is 5.32 Å². The van der Waals surface area contributed by atoms with E-state index in [0.717, 1.165) is 6.54 Å². The lowest BCUT2D eigenvalue weighted by molar-refractivity contribution is 0.326. The van der Waals surface area contributed by atoms with Crippen LogP contribution in [0, 0.1) is 10.8 Å². The van der Waals surface area contributed by atoms with Crippen LogP contribution in [0.3, 0.4) is 0 Å². The highest BCUT2D eigenvalue weighted by molar-refractivity contribution is 5.42. The second kappa shape index (κ2) is 5.17. The summed E-state index contributed by atoms with van der Waals surface area (Å²) in [5.74, 6) is 0. The lowest BCUT2D eigenvalue weighted by atomic mass is 9.77. The fourth-order valence-electron chi connectivity index (χ4n) is 2.39. The van der Waals surface area contributed by atoms with Crippen LogP contribution in [0.5, 0.6) is 0 Å². The van der Waals surface area contributed by atoms with E-state index in [0.29, 0.717) is 5.41 Å². The smallest absolute Gasteiger partial charge is 0.0370 e. The number of fused-ring (bicyclic) bond motifs is 1. The molecule has 0 bridgehead atoms. The summed E-state index contributed by atoms with van der Waals surface area (Å²) in [6.07, 6.45) is 8.11. The molecule has 1 aliphatic heterocycles. The van der Waals surface area contributed by atoms with Crippen LogP contribution in [0.15, 0.2) is 48.2 Å². The van der Waals surface area contributed by atoms with Crippen LogP contribution in [0.4, 0.5) is 0 Å². The fraction of sp³-hybridized carbons (Fsp3) is 0.529. The van der Waals surface area contributed by atoms with Gasteiger partial charge in [-0.2, -0.15) is 0 Å². The van der Waals surface area contributed by atoms with Crippen LogP contribution in [-0.2, 0) is 0 Å². The molecule has 0 aromatic rings. The van der Waals surface area contributed by atoms with Gasteiger partial charge >= 0.3 is 0 Å². The van der Waals surface area contributed by atoms with E-state index >= 15 is 0 Å². The van der Waals surface area contributed by atoms with Crippen molar-refractivity contribution >= 4 is 0 Å². The van der Waals surface area contributed by atoms with Gasteiger partial charge in [0.05, 0.1) is 0 Å². The van der Waals surface area contributed by atoms with Gasteiger partial charge in [-0.1, -0.05) is 45.4 Å². The van der Waals surface area contributed by atoms with Gasteiger partial charge in [0.15, 0.2) is 0 Å². The number of rotatable bonds is 0. The maximum atomic E-state index is 3.56. The number of nitrogens with one attached hydrogen (secondary N) is 1. The van der Waals surface area contributed by atoms with Gasteiger partial charge in [0.25, 0.3) is 0 Å². The maximum Gasteiger partial charge on any atom is 0.0370 e. The molecule has 1 saturated heterocycles. The first-order valence-electron chi connectivity index (χ1n) is 6.65. The average molecular weight is 245 g/mol. The molecule has 1 aliphatic carbocycles. The first kappa shape index (κ1) is 14.8. The molecule has 1 N–H and O–H groups in total. The molecule has 1 nitrogen and oxygen atoms in total. The molecule has 1 heterocycles. The highest BCUT2D eigenvalue weighted by Crippen LogP contribution is 2.39. The van der Waals surface area contributed by atoms with Crippen LogP contribution in [0.25, 0.3) is 0 Å². The number of piperidine rings is 1. The van der Waals surface area contributed by atoms with Crippen LogP contribution in [0.1, 0.15) is 41.0 Å². The largest absolute Gasteiger partial charge is 0.384 e. The van der Waals surface area contributed by atoms with Crippen molar-refractivity contribution in [3.05, 3.63) is 48.2 Å². The molecular weight excluding hydrogens is 218 g/mol. The summed E-state index contributed by atoms with van der Waals surface area (Å²) in [4.78, 5) is 0. The third kappa shape index (κ3) is 3.16. The Morgan fingerprint density at radius 2 is 1.72 bits per heavy atom. The van der Waals surface area contributed by atoms with Crippen molar-refractivity contribution < 1.29 is 0 Å². The molecule has 1 fully saturated rings. The van der Waals surface area contributed by atoms with Gasteiger partial charge in [-0.25, -0.2) is 0 Å². The summed E-state index contributed by atoms with van der Waals surface area (Å²) in [7, 11) is 0. The van der Waals surface area contributed by atoms with Crippen molar-refractivity contribution in [3.63, 3.8) is 0 Å². The second-order valence-electron chi connectivity index (χ2n) is 6.52. The Hall–Kier alpha value is -1.24. The number of hydrogen-bond acceptors (Lipinski definition) is 1. The van der Waals surface area contributed by atoms with Crippen LogP contribution >= 0.6 is 0 Å². The topological polar surface area (TPSA) is 12.0 Å². The zero-order valence-electron chi connectivity index (χ0n) is 12.6. The Balaban J connectivity index is 0.000000771. The molecule has 0 amide bonds. The molecule has 0 unspecified atom stereocenters. The van der Waals surface area contributed by atoms with Gasteiger partial charge in [0.2, 0.25) is 0 Å². The summed E-state index contributed by atoms with van der Waals surface area (Å²) >= 11 is 0. The molecule has 0 radical (unpaired) electrons. The Morgan fingerprint density at radius 1 is 1.11 bits per heavy atom. The predicted octanol–water partition coefficient (Wildman–Crippen LogP) is 4.60. The van der Waals surface area contributed by atoms with Gasteiger partial charge in [-0.05, 0) is 30.4 Å². The third-order valence-electron chi connectivity index (χ3n) is 3.82. The molecule has 0 aromatic carbocycles. The molecule has 1 heteroatoms. The summed E-state index contributed by atoms with van der Waals surface area (Å²) in [5.41, 5.74) is 4.79. The molecule has 100 valence electrons. The van der Waals surface area contributed by atoms with Gasteiger partial charge in [0.1, 0.15) is 0 Å². The Bertz CT molecular complexity index is 405. The zero-order valence-corrected chi connectivity index (χ0v) is 12.6. The van der Waals surface area contributed by atoms with E-state index in [1.807, 2.05) is 0 Å². The highest BCUT2D eigenvalue weighted by atomic mass is 14.9. The van der Waals surface area contributed by atoms with E-state index in [2.05, 4.69) is 71.3 Å². The molecule has 0 saturated carbocycles. The predicted molar refractivity (Wildman–Crippen MR) is 81.4 cm³/mol. The zero-order chi connectivity index (χ0) is 14.0. The summed E-state index contributed by atoms with van der Waals surface area (Å²) in [5, 5.41) is 3.56. The van der Waals surface area contributed by atoms with E-state index in [1.165, 1.54) is 23.3 Å². The van der Waals surface area contributed by atoms with Gasteiger partial charge < -0.3 is 5.32 Å². The van der Waals surface area contributed by atoms with Crippen molar-refractivity contribution in [3.8, 4) is 0 Å². The highest BCUT2D eigenvalue weighted by Gasteiger charge is 2.30. The van der Waals surface area contributed by atoms with E-state index in [-0.39, 0.29) is 5.41 Å². The van der Waals surface area contributed by atoms with Crippen molar-refractivity contribution in [2.24, 2.45) is 10.8 Å². The van der Waals surface area contributed by atoms with E-state index in [9.17, 15) is 0 Å². The molecule has 18 heavy (non-hydrogen) atoms.